The summed E-state index contributed by atoms with van der Waals surface area (Å²) in [7, 11) is -3.68. The topological polar surface area (TPSA) is 112 Å². The minimum atomic E-state index is -3.68. The molecular formula is C22H20N4O4S2. The van der Waals surface area contributed by atoms with E-state index in [0.29, 0.717) is 11.3 Å². The molecule has 10 heteroatoms. The third-order valence-electron chi connectivity index (χ3n) is 4.93. The highest BCUT2D eigenvalue weighted by atomic mass is 32.2. The first-order valence-corrected chi connectivity index (χ1v) is 12.3. The third kappa shape index (κ3) is 4.23. The van der Waals surface area contributed by atoms with Gasteiger partial charge in [-0.25, -0.2) is 13.3 Å². The number of carbonyl (C=O) groups is 1. The first-order valence-electron chi connectivity index (χ1n) is 9.83. The summed E-state index contributed by atoms with van der Waals surface area (Å²) in [5, 5.41) is 8.24. The van der Waals surface area contributed by atoms with E-state index in [4.69, 9.17) is 10.1 Å². The maximum atomic E-state index is 12.5. The molecule has 0 aliphatic carbocycles. The maximum absolute atomic E-state index is 12.5. The van der Waals surface area contributed by atoms with Crippen molar-refractivity contribution >= 4 is 49.9 Å². The van der Waals surface area contributed by atoms with Crippen LogP contribution in [-0.4, -0.2) is 41.1 Å². The minimum Gasteiger partial charge on any atom is -0.486 e. The average molecular weight is 469 g/mol. The molecule has 4 rings (SSSR count). The van der Waals surface area contributed by atoms with Gasteiger partial charge in [0.1, 0.15) is 17.7 Å². The van der Waals surface area contributed by atoms with Gasteiger partial charge in [-0.15, -0.1) is 0 Å². The van der Waals surface area contributed by atoms with Crippen molar-refractivity contribution in [1.82, 2.24) is 4.90 Å². The van der Waals surface area contributed by atoms with E-state index < -0.39 is 15.7 Å². The smallest absolute Gasteiger partial charge is 0.283 e. The van der Waals surface area contributed by atoms with Crippen LogP contribution >= 0.6 is 11.9 Å². The Morgan fingerprint density at radius 3 is 2.50 bits per heavy atom. The number of nitrogens with one attached hydrogen (secondary N) is 1. The van der Waals surface area contributed by atoms with Crippen LogP contribution in [-0.2, 0) is 14.6 Å². The molecule has 2 aliphatic rings. The first kappa shape index (κ1) is 22.0. The summed E-state index contributed by atoms with van der Waals surface area (Å²) in [6.45, 7) is 3.45. The number of fused-ring (bicyclic) bond motifs is 1. The molecule has 0 aromatic heterocycles. The predicted octanol–water partition coefficient (Wildman–Crippen LogP) is 3.84. The van der Waals surface area contributed by atoms with Crippen molar-refractivity contribution in [2.24, 2.45) is 9.39 Å². The molecule has 0 spiro atoms. The van der Waals surface area contributed by atoms with Gasteiger partial charge < -0.3 is 4.74 Å². The van der Waals surface area contributed by atoms with E-state index >= 15 is 0 Å². The number of benzene rings is 2. The number of nitrogens with zero attached hydrogens (tertiary/aromatic N) is 3. The standard InChI is InChI=1S/C22H20N4O4S2/c1-3-32(28,29)22-25-31-21-24-20(27)18(19(23)26(21)22)13-15-9-11-17(12-10-15)30-14(2)16-7-5-4-6-8-16/h4-14,23H,3H2,1-2H3/b18-13-,23-19?. The molecule has 2 heterocycles. The largest absolute Gasteiger partial charge is 0.486 e. The summed E-state index contributed by atoms with van der Waals surface area (Å²) in [4.78, 5) is 17.5. The Morgan fingerprint density at radius 1 is 1.16 bits per heavy atom. The van der Waals surface area contributed by atoms with Crippen LogP contribution in [0.4, 0.5) is 0 Å². The lowest BCUT2D eigenvalue weighted by Gasteiger charge is -2.24. The Labute approximate surface area is 190 Å². The lowest BCUT2D eigenvalue weighted by molar-refractivity contribution is -0.114. The van der Waals surface area contributed by atoms with Crippen LogP contribution < -0.4 is 4.74 Å². The molecular weight excluding hydrogens is 448 g/mol. The molecule has 1 amide bonds. The lowest BCUT2D eigenvalue weighted by atomic mass is 10.1. The monoisotopic (exact) mass is 468 g/mol. The van der Waals surface area contributed by atoms with Crippen LogP contribution in [0.5, 0.6) is 5.75 Å². The lowest BCUT2D eigenvalue weighted by Crippen LogP contribution is -2.45. The zero-order valence-corrected chi connectivity index (χ0v) is 19.0. The maximum Gasteiger partial charge on any atom is 0.283 e. The summed E-state index contributed by atoms with van der Waals surface area (Å²) in [5.41, 5.74) is 1.69. The number of aliphatic imine (C=N–C) groups is 1. The van der Waals surface area contributed by atoms with E-state index in [2.05, 4.69) is 9.39 Å². The molecule has 8 nitrogen and oxygen atoms in total. The van der Waals surface area contributed by atoms with Gasteiger partial charge in [-0.1, -0.05) is 49.4 Å². The Balaban J connectivity index is 1.55. The molecule has 0 radical (unpaired) electrons. The molecule has 1 atom stereocenters. The summed E-state index contributed by atoms with van der Waals surface area (Å²) >= 11 is 0.778. The van der Waals surface area contributed by atoms with Crippen LogP contribution in [0, 0.1) is 5.41 Å². The molecule has 1 N–H and O–H groups in total. The number of amides is 1. The van der Waals surface area contributed by atoms with E-state index in [1.54, 1.807) is 24.3 Å². The molecule has 0 bridgehead atoms. The van der Waals surface area contributed by atoms with Crippen molar-refractivity contribution < 1.29 is 17.9 Å². The van der Waals surface area contributed by atoms with Gasteiger partial charge in [0.05, 0.1) is 23.3 Å². The first-order chi connectivity index (χ1) is 15.3. The Kier molecular flexibility index (Phi) is 5.98. The summed E-state index contributed by atoms with van der Waals surface area (Å²) in [6.07, 6.45) is 1.38. The zero-order chi connectivity index (χ0) is 22.9. The number of ether oxygens (including phenoxy) is 1. The molecule has 32 heavy (non-hydrogen) atoms. The molecule has 2 aliphatic heterocycles. The van der Waals surface area contributed by atoms with Gasteiger partial charge in [0.25, 0.3) is 5.91 Å². The molecule has 164 valence electrons. The van der Waals surface area contributed by atoms with Gasteiger partial charge in [0, 0.05) is 0 Å². The quantitative estimate of drug-likeness (QED) is 0.527. The van der Waals surface area contributed by atoms with Crippen LogP contribution in [0.1, 0.15) is 31.1 Å². The minimum absolute atomic E-state index is 0.0124. The molecule has 0 saturated carbocycles. The molecule has 1 unspecified atom stereocenters. The highest BCUT2D eigenvalue weighted by molar-refractivity contribution is 8.16. The van der Waals surface area contributed by atoms with Crippen LogP contribution in [0.15, 0.2) is 69.6 Å². The number of hydrogen-bond donors (Lipinski definition) is 1. The summed E-state index contributed by atoms with van der Waals surface area (Å²) < 4.78 is 34.5. The second kappa shape index (κ2) is 8.71. The van der Waals surface area contributed by atoms with Gasteiger partial charge in [0.2, 0.25) is 20.2 Å². The van der Waals surface area contributed by atoms with Crippen LogP contribution in [0.3, 0.4) is 0 Å². The number of carbonyl (C=O) groups excluding carboxylic acids is 1. The predicted molar refractivity (Wildman–Crippen MR) is 126 cm³/mol. The Morgan fingerprint density at radius 2 is 1.84 bits per heavy atom. The molecule has 0 saturated heterocycles. The SMILES string of the molecule is CCS(=O)(=O)C1=NSC2=NC(=O)/C(=C\c3ccc(OC(C)c4ccccc4)cc3)C(=N)N21. The normalized spacial score (nSPS) is 18.3. The fourth-order valence-electron chi connectivity index (χ4n) is 3.13. The summed E-state index contributed by atoms with van der Waals surface area (Å²) in [5.74, 6) is -0.386. The van der Waals surface area contributed by atoms with Crippen molar-refractivity contribution in [3.05, 3.63) is 71.3 Å². The van der Waals surface area contributed by atoms with E-state index in [-0.39, 0.29) is 33.6 Å². The second-order valence-corrected chi connectivity index (χ2v) is 9.95. The molecule has 2 aromatic carbocycles. The number of amidine groups is 3. The van der Waals surface area contributed by atoms with Gasteiger partial charge in [-0.2, -0.15) is 9.39 Å². The zero-order valence-electron chi connectivity index (χ0n) is 17.3. The molecule has 0 fully saturated rings. The van der Waals surface area contributed by atoms with Crippen molar-refractivity contribution in [1.29, 1.82) is 5.41 Å². The average Bonchev–Trinajstić information content (AvgIpc) is 3.23. The fraction of sp³-hybridized carbons (Fsp3) is 0.182. The van der Waals surface area contributed by atoms with Crippen molar-refractivity contribution in [2.45, 2.75) is 20.0 Å². The van der Waals surface area contributed by atoms with E-state index in [9.17, 15) is 13.2 Å². The number of hydrogen-bond acceptors (Lipinski definition) is 7. The van der Waals surface area contributed by atoms with E-state index in [1.165, 1.54) is 13.0 Å². The van der Waals surface area contributed by atoms with Crippen molar-refractivity contribution in [3.63, 3.8) is 0 Å². The van der Waals surface area contributed by atoms with Gasteiger partial charge in [0.15, 0.2) is 0 Å². The highest BCUT2D eigenvalue weighted by Crippen LogP contribution is 2.30. The molecule has 2 aromatic rings. The van der Waals surface area contributed by atoms with Crippen LogP contribution in [0.25, 0.3) is 6.08 Å². The van der Waals surface area contributed by atoms with E-state index in [1.807, 2.05) is 37.3 Å². The van der Waals surface area contributed by atoms with Gasteiger partial charge >= 0.3 is 0 Å². The Hall–Kier alpha value is -3.24. The third-order valence-corrected chi connectivity index (χ3v) is 7.33. The Bertz CT molecular complexity index is 1270. The van der Waals surface area contributed by atoms with Gasteiger partial charge in [-0.3, -0.25) is 10.2 Å². The highest BCUT2D eigenvalue weighted by Gasteiger charge is 2.42. The number of sulfone groups is 1. The number of rotatable bonds is 5. The van der Waals surface area contributed by atoms with Gasteiger partial charge in [-0.05, 0) is 36.3 Å². The fourth-order valence-corrected chi connectivity index (χ4v) is 5.10. The van der Waals surface area contributed by atoms with E-state index in [0.717, 1.165) is 22.4 Å². The second-order valence-electron chi connectivity index (χ2n) is 7.05. The van der Waals surface area contributed by atoms with Crippen molar-refractivity contribution in [3.8, 4) is 5.75 Å². The summed E-state index contributed by atoms with van der Waals surface area (Å²) in [6, 6.07) is 16.9. The van der Waals surface area contributed by atoms with Crippen LogP contribution in [0.2, 0.25) is 0 Å². The van der Waals surface area contributed by atoms with Crippen molar-refractivity contribution in [2.75, 3.05) is 5.75 Å².